The van der Waals surface area contributed by atoms with Gasteiger partial charge in [0.1, 0.15) is 0 Å². The molecule has 1 atom stereocenters. The standard InChI is InChI=1S/C16H30N2O/c1-13-5-7-14(8-6-13)9-11-18-16(19)12-15-4-2-3-10-17-15/h13-15,17H,2-12H2,1H3,(H,18,19). The highest BCUT2D eigenvalue weighted by molar-refractivity contribution is 5.76. The lowest BCUT2D eigenvalue weighted by atomic mass is 9.81. The Morgan fingerprint density at radius 2 is 1.95 bits per heavy atom. The van der Waals surface area contributed by atoms with Gasteiger partial charge in [0, 0.05) is 19.0 Å². The van der Waals surface area contributed by atoms with Crippen LogP contribution < -0.4 is 10.6 Å². The molecule has 0 aromatic carbocycles. The van der Waals surface area contributed by atoms with E-state index in [0.29, 0.717) is 12.5 Å². The molecule has 1 heterocycles. The summed E-state index contributed by atoms with van der Waals surface area (Å²) in [5, 5.41) is 6.54. The molecule has 0 spiro atoms. The zero-order valence-electron chi connectivity index (χ0n) is 12.4. The summed E-state index contributed by atoms with van der Waals surface area (Å²) in [6.07, 6.45) is 11.0. The molecule has 2 fully saturated rings. The number of hydrogen-bond acceptors (Lipinski definition) is 2. The van der Waals surface area contributed by atoms with Crippen molar-refractivity contribution in [1.29, 1.82) is 0 Å². The van der Waals surface area contributed by atoms with Gasteiger partial charge >= 0.3 is 0 Å². The van der Waals surface area contributed by atoms with Crippen molar-refractivity contribution in [3.8, 4) is 0 Å². The van der Waals surface area contributed by atoms with E-state index >= 15 is 0 Å². The topological polar surface area (TPSA) is 41.1 Å². The second kappa shape index (κ2) is 7.88. The van der Waals surface area contributed by atoms with E-state index in [-0.39, 0.29) is 5.91 Å². The van der Waals surface area contributed by atoms with Gasteiger partial charge in [0.2, 0.25) is 5.91 Å². The third kappa shape index (κ3) is 5.52. The monoisotopic (exact) mass is 266 g/mol. The lowest BCUT2D eigenvalue weighted by Crippen LogP contribution is -2.39. The van der Waals surface area contributed by atoms with Crippen LogP contribution in [0.3, 0.4) is 0 Å². The van der Waals surface area contributed by atoms with Crippen molar-refractivity contribution in [2.45, 2.75) is 70.8 Å². The van der Waals surface area contributed by atoms with Gasteiger partial charge in [0.15, 0.2) is 0 Å². The van der Waals surface area contributed by atoms with Crippen LogP contribution in [0.4, 0.5) is 0 Å². The van der Waals surface area contributed by atoms with Gasteiger partial charge in [-0.1, -0.05) is 39.0 Å². The van der Waals surface area contributed by atoms with Crippen LogP contribution in [0.2, 0.25) is 0 Å². The molecular formula is C16H30N2O. The summed E-state index contributed by atoms with van der Waals surface area (Å²) in [5.74, 6) is 2.01. The van der Waals surface area contributed by atoms with Gasteiger partial charge in [-0.05, 0) is 37.6 Å². The quantitative estimate of drug-likeness (QED) is 0.803. The van der Waals surface area contributed by atoms with E-state index in [1.807, 2.05) is 0 Å². The smallest absolute Gasteiger partial charge is 0.221 e. The van der Waals surface area contributed by atoms with Crippen molar-refractivity contribution in [1.82, 2.24) is 10.6 Å². The first-order chi connectivity index (χ1) is 9.24. The molecule has 3 nitrogen and oxygen atoms in total. The number of nitrogens with one attached hydrogen (secondary N) is 2. The number of piperidine rings is 1. The van der Waals surface area contributed by atoms with Crippen LogP contribution in [0, 0.1) is 11.8 Å². The molecule has 2 aliphatic rings. The Morgan fingerprint density at radius 1 is 1.16 bits per heavy atom. The molecule has 110 valence electrons. The van der Waals surface area contributed by atoms with E-state index in [1.54, 1.807) is 0 Å². The Hall–Kier alpha value is -0.570. The molecular weight excluding hydrogens is 236 g/mol. The van der Waals surface area contributed by atoms with Crippen LogP contribution in [0.1, 0.15) is 64.7 Å². The first-order valence-corrected chi connectivity index (χ1v) is 8.24. The highest BCUT2D eigenvalue weighted by atomic mass is 16.1. The minimum atomic E-state index is 0.239. The second-order valence-corrected chi connectivity index (χ2v) is 6.62. The van der Waals surface area contributed by atoms with E-state index in [0.717, 1.165) is 31.3 Å². The molecule has 19 heavy (non-hydrogen) atoms. The molecule has 3 heteroatoms. The van der Waals surface area contributed by atoms with Gasteiger partial charge in [-0.3, -0.25) is 4.79 Å². The molecule has 1 saturated carbocycles. The molecule has 1 aliphatic heterocycles. The maximum absolute atomic E-state index is 11.9. The number of carbonyl (C=O) groups excluding carboxylic acids is 1. The van der Waals surface area contributed by atoms with Gasteiger partial charge in [0.05, 0.1) is 0 Å². The Kier molecular flexibility index (Phi) is 6.15. The predicted octanol–water partition coefficient (Wildman–Crippen LogP) is 2.85. The summed E-state index contributed by atoms with van der Waals surface area (Å²) in [6, 6.07) is 0.421. The molecule has 1 unspecified atom stereocenters. The molecule has 2 N–H and O–H groups in total. The Bertz CT molecular complexity index is 266. The largest absolute Gasteiger partial charge is 0.356 e. The second-order valence-electron chi connectivity index (χ2n) is 6.62. The molecule has 0 radical (unpaired) electrons. The summed E-state index contributed by atoms with van der Waals surface area (Å²) in [5.41, 5.74) is 0. The normalized spacial score (nSPS) is 31.9. The number of hydrogen-bond donors (Lipinski definition) is 2. The minimum Gasteiger partial charge on any atom is -0.356 e. The van der Waals surface area contributed by atoms with Gasteiger partial charge in [-0.15, -0.1) is 0 Å². The predicted molar refractivity (Wildman–Crippen MR) is 79.0 cm³/mol. The third-order valence-corrected chi connectivity index (χ3v) is 4.85. The summed E-state index contributed by atoms with van der Waals surface area (Å²) in [4.78, 5) is 11.9. The van der Waals surface area contributed by atoms with Gasteiger partial charge in [0.25, 0.3) is 0 Å². The molecule has 0 aromatic rings. The highest BCUT2D eigenvalue weighted by Gasteiger charge is 2.19. The summed E-state index contributed by atoms with van der Waals surface area (Å²) in [7, 11) is 0. The number of carbonyl (C=O) groups is 1. The molecule has 0 aromatic heterocycles. The number of amides is 1. The van der Waals surface area contributed by atoms with Gasteiger partial charge < -0.3 is 10.6 Å². The highest BCUT2D eigenvalue weighted by Crippen LogP contribution is 2.29. The zero-order chi connectivity index (χ0) is 13.5. The molecule has 2 rings (SSSR count). The van der Waals surface area contributed by atoms with Crippen LogP contribution in [0.25, 0.3) is 0 Å². The Balaban J connectivity index is 1.53. The van der Waals surface area contributed by atoms with Crippen LogP contribution >= 0.6 is 0 Å². The maximum Gasteiger partial charge on any atom is 0.221 e. The average molecular weight is 266 g/mol. The SMILES string of the molecule is CC1CCC(CCNC(=O)CC2CCCCN2)CC1. The summed E-state index contributed by atoms with van der Waals surface area (Å²) < 4.78 is 0. The molecule has 0 bridgehead atoms. The molecule has 1 saturated heterocycles. The fraction of sp³-hybridized carbons (Fsp3) is 0.938. The number of rotatable bonds is 5. The van der Waals surface area contributed by atoms with Crippen LogP contribution in [-0.2, 0) is 4.79 Å². The van der Waals surface area contributed by atoms with E-state index in [9.17, 15) is 4.79 Å². The van der Waals surface area contributed by atoms with Crippen LogP contribution in [-0.4, -0.2) is 25.0 Å². The fourth-order valence-electron chi connectivity index (χ4n) is 3.43. The van der Waals surface area contributed by atoms with Crippen molar-refractivity contribution in [2.75, 3.05) is 13.1 Å². The molecule has 1 amide bonds. The Morgan fingerprint density at radius 3 is 2.63 bits per heavy atom. The third-order valence-electron chi connectivity index (χ3n) is 4.85. The first-order valence-electron chi connectivity index (χ1n) is 8.24. The first kappa shape index (κ1) is 14.8. The van der Waals surface area contributed by atoms with Crippen molar-refractivity contribution in [3.05, 3.63) is 0 Å². The Labute approximate surface area is 117 Å². The lowest BCUT2D eigenvalue weighted by Gasteiger charge is -2.26. The minimum absolute atomic E-state index is 0.239. The van der Waals surface area contributed by atoms with Gasteiger partial charge in [-0.25, -0.2) is 0 Å². The summed E-state index contributed by atoms with van der Waals surface area (Å²) in [6.45, 7) is 4.32. The lowest BCUT2D eigenvalue weighted by molar-refractivity contribution is -0.121. The summed E-state index contributed by atoms with van der Waals surface area (Å²) >= 11 is 0. The fourth-order valence-corrected chi connectivity index (χ4v) is 3.43. The van der Waals surface area contributed by atoms with Crippen LogP contribution in [0.5, 0.6) is 0 Å². The van der Waals surface area contributed by atoms with E-state index in [1.165, 1.54) is 44.9 Å². The van der Waals surface area contributed by atoms with Gasteiger partial charge in [-0.2, -0.15) is 0 Å². The van der Waals surface area contributed by atoms with E-state index < -0.39 is 0 Å². The molecule has 1 aliphatic carbocycles. The zero-order valence-corrected chi connectivity index (χ0v) is 12.4. The van der Waals surface area contributed by atoms with Crippen molar-refractivity contribution in [2.24, 2.45) is 11.8 Å². The van der Waals surface area contributed by atoms with E-state index in [2.05, 4.69) is 17.6 Å². The van der Waals surface area contributed by atoms with Crippen molar-refractivity contribution >= 4 is 5.91 Å². The average Bonchev–Trinajstić information content (AvgIpc) is 2.42. The maximum atomic E-state index is 11.9. The van der Waals surface area contributed by atoms with Crippen molar-refractivity contribution in [3.63, 3.8) is 0 Å². The van der Waals surface area contributed by atoms with E-state index in [4.69, 9.17) is 0 Å². The van der Waals surface area contributed by atoms with Crippen molar-refractivity contribution < 1.29 is 4.79 Å². The van der Waals surface area contributed by atoms with Crippen LogP contribution in [0.15, 0.2) is 0 Å².